The number of hydrogen-bond acceptors (Lipinski definition) is 4. The van der Waals surface area contributed by atoms with Gasteiger partial charge in [0.1, 0.15) is 0 Å². The van der Waals surface area contributed by atoms with Crippen LogP contribution >= 0.6 is 0 Å². The lowest BCUT2D eigenvalue weighted by molar-refractivity contribution is -0.135. The number of carbonyl (C=O) groups excluding carboxylic acids is 2. The van der Waals surface area contributed by atoms with Crippen molar-refractivity contribution in [1.82, 2.24) is 4.57 Å². The lowest BCUT2D eigenvalue weighted by Crippen LogP contribution is -2.22. The number of benzene rings is 1. The molecule has 3 rings (SSSR count). The van der Waals surface area contributed by atoms with Crippen LogP contribution < -0.4 is 0 Å². The summed E-state index contributed by atoms with van der Waals surface area (Å²) in [5.41, 5.74) is 2.64. The van der Waals surface area contributed by atoms with E-state index in [1.54, 1.807) is 13.3 Å². The average molecular weight is 287 g/mol. The molecule has 0 saturated carbocycles. The quantitative estimate of drug-likeness (QED) is 0.489. The molecule has 0 N–H and O–H groups in total. The molecule has 0 saturated heterocycles. The molecule has 0 bridgehead atoms. The van der Waals surface area contributed by atoms with Gasteiger partial charge in [-0.05, 0) is 12.0 Å². The predicted molar refractivity (Wildman–Crippen MR) is 77.4 cm³/mol. The van der Waals surface area contributed by atoms with Crippen molar-refractivity contribution in [3.05, 3.63) is 35.5 Å². The summed E-state index contributed by atoms with van der Waals surface area (Å²) in [6.45, 7) is 1.46. The molecule has 1 unspecified atom stereocenters. The molecule has 5 nitrogen and oxygen atoms in total. The molecule has 110 valence electrons. The van der Waals surface area contributed by atoms with E-state index in [-0.39, 0.29) is 0 Å². The molecule has 21 heavy (non-hydrogen) atoms. The van der Waals surface area contributed by atoms with Gasteiger partial charge in [0.2, 0.25) is 0 Å². The number of hydrogen-bond donors (Lipinski definition) is 0. The first kappa shape index (κ1) is 13.8. The molecular formula is C16H17NO4. The van der Waals surface area contributed by atoms with Crippen LogP contribution in [-0.4, -0.2) is 37.1 Å². The fourth-order valence-corrected chi connectivity index (χ4v) is 3.13. The van der Waals surface area contributed by atoms with Gasteiger partial charge >= 0.3 is 5.97 Å². The molecule has 0 radical (unpaired) electrons. The SMILES string of the molecule is COCC1Cc2cccc3c(C(=O)C(=O)OC)cn(c23)C1. The molecule has 0 amide bonds. The monoisotopic (exact) mass is 287 g/mol. The van der Waals surface area contributed by atoms with Crippen molar-refractivity contribution in [3.63, 3.8) is 0 Å². The Kier molecular flexibility index (Phi) is 3.51. The van der Waals surface area contributed by atoms with E-state index in [1.807, 2.05) is 16.7 Å². The molecule has 1 aliphatic rings. The van der Waals surface area contributed by atoms with E-state index in [4.69, 9.17) is 4.74 Å². The van der Waals surface area contributed by atoms with Crippen molar-refractivity contribution in [1.29, 1.82) is 0 Å². The van der Waals surface area contributed by atoms with Crippen LogP contribution in [0.1, 0.15) is 15.9 Å². The van der Waals surface area contributed by atoms with Gasteiger partial charge in [0, 0.05) is 31.2 Å². The standard InChI is InChI=1S/C16H17NO4/c1-20-9-10-6-11-4-3-5-12-13(15(18)16(19)21-2)8-17(7-10)14(11)12/h3-5,8,10H,6-7,9H2,1-2H3. The molecule has 5 heteroatoms. The highest BCUT2D eigenvalue weighted by molar-refractivity contribution is 6.43. The van der Waals surface area contributed by atoms with Gasteiger partial charge in [-0.15, -0.1) is 0 Å². The molecule has 2 heterocycles. The van der Waals surface area contributed by atoms with Crippen molar-refractivity contribution < 1.29 is 19.1 Å². The van der Waals surface area contributed by atoms with E-state index < -0.39 is 11.8 Å². The number of rotatable bonds is 4. The Hall–Kier alpha value is -2.14. The molecule has 1 aromatic carbocycles. The van der Waals surface area contributed by atoms with Crippen LogP contribution in [0, 0.1) is 5.92 Å². The lowest BCUT2D eigenvalue weighted by Gasteiger charge is -2.24. The van der Waals surface area contributed by atoms with E-state index >= 15 is 0 Å². The number of ether oxygens (including phenoxy) is 2. The maximum Gasteiger partial charge on any atom is 0.379 e. The summed E-state index contributed by atoms with van der Waals surface area (Å²) in [6, 6.07) is 5.86. The van der Waals surface area contributed by atoms with E-state index in [0.717, 1.165) is 23.9 Å². The summed E-state index contributed by atoms with van der Waals surface area (Å²) in [4.78, 5) is 23.7. The third-order valence-corrected chi connectivity index (χ3v) is 3.96. The molecule has 0 fully saturated rings. The van der Waals surface area contributed by atoms with Crippen LogP contribution in [-0.2, 0) is 27.2 Å². The first-order valence-corrected chi connectivity index (χ1v) is 6.88. The van der Waals surface area contributed by atoms with Gasteiger partial charge in [-0.1, -0.05) is 18.2 Å². The fourth-order valence-electron chi connectivity index (χ4n) is 3.13. The summed E-state index contributed by atoms with van der Waals surface area (Å²) in [7, 11) is 2.91. The summed E-state index contributed by atoms with van der Waals surface area (Å²) in [6.07, 6.45) is 2.68. The minimum Gasteiger partial charge on any atom is -0.463 e. The number of aromatic nitrogens is 1. The Morgan fingerprint density at radius 1 is 1.33 bits per heavy atom. The highest BCUT2D eigenvalue weighted by atomic mass is 16.5. The summed E-state index contributed by atoms with van der Waals surface area (Å²) >= 11 is 0. The molecule has 1 aliphatic heterocycles. The number of Topliss-reactive ketones (excluding diaryl/α,β-unsaturated/α-hetero) is 1. The van der Waals surface area contributed by atoms with Gasteiger partial charge in [-0.3, -0.25) is 4.79 Å². The smallest absolute Gasteiger partial charge is 0.379 e. The summed E-state index contributed by atoms with van der Waals surface area (Å²) in [5, 5.41) is 0.818. The van der Waals surface area contributed by atoms with Crippen LogP contribution in [0.5, 0.6) is 0 Å². The predicted octanol–water partition coefficient (Wildman–Crippen LogP) is 1.82. The highest BCUT2D eigenvalue weighted by Gasteiger charge is 2.27. The second-order valence-corrected chi connectivity index (χ2v) is 5.35. The summed E-state index contributed by atoms with van der Waals surface area (Å²) < 4.78 is 11.8. The van der Waals surface area contributed by atoms with Gasteiger partial charge < -0.3 is 14.0 Å². The zero-order valence-corrected chi connectivity index (χ0v) is 12.1. The van der Waals surface area contributed by atoms with Crippen LogP contribution in [0.2, 0.25) is 0 Å². The second-order valence-electron chi connectivity index (χ2n) is 5.35. The van der Waals surface area contributed by atoms with Gasteiger partial charge in [0.25, 0.3) is 5.78 Å². The zero-order chi connectivity index (χ0) is 15.0. The topological polar surface area (TPSA) is 57.5 Å². The van der Waals surface area contributed by atoms with Crippen molar-refractivity contribution >= 4 is 22.7 Å². The number of esters is 1. The molecular weight excluding hydrogens is 270 g/mol. The van der Waals surface area contributed by atoms with E-state index in [2.05, 4.69) is 10.8 Å². The van der Waals surface area contributed by atoms with Crippen LogP contribution in [0.3, 0.4) is 0 Å². The minimum atomic E-state index is -0.827. The molecule has 1 atom stereocenters. The van der Waals surface area contributed by atoms with Gasteiger partial charge in [0.05, 0.1) is 24.8 Å². The van der Waals surface area contributed by atoms with Crippen LogP contribution in [0.4, 0.5) is 0 Å². The number of methoxy groups -OCH3 is 2. The van der Waals surface area contributed by atoms with E-state index in [1.165, 1.54) is 12.7 Å². The van der Waals surface area contributed by atoms with Crippen molar-refractivity contribution in [3.8, 4) is 0 Å². The average Bonchev–Trinajstić information content (AvgIpc) is 2.86. The number of ketones is 1. The number of nitrogens with zero attached hydrogens (tertiary/aromatic N) is 1. The van der Waals surface area contributed by atoms with Crippen molar-refractivity contribution in [2.24, 2.45) is 5.92 Å². The minimum absolute atomic E-state index is 0.376. The van der Waals surface area contributed by atoms with Gasteiger partial charge in [0.15, 0.2) is 0 Å². The normalized spacial score (nSPS) is 17.0. The highest BCUT2D eigenvalue weighted by Crippen LogP contribution is 2.31. The van der Waals surface area contributed by atoms with Crippen LogP contribution in [0.25, 0.3) is 10.9 Å². The second kappa shape index (κ2) is 5.33. The first-order valence-electron chi connectivity index (χ1n) is 6.88. The lowest BCUT2D eigenvalue weighted by atomic mass is 9.94. The number of para-hydroxylation sites is 1. The molecule has 1 aromatic heterocycles. The largest absolute Gasteiger partial charge is 0.463 e. The molecule has 2 aromatic rings. The molecule has 0 spiro atoms. The zero-order valence-electron chi connectivity index (χ0n) is 12.1. The van der Waals surface area contributed by atoms with Crippen LogP contribution in [0.15, 0.2) is 24.4 Å². The van der Waals surface area contributed by atoms with E-state index in [9.17, 15) is 9.59 Å². The third-order valence-electron chi connectivity index (χ3n) is 3.96. The Balaban J connectivity index is 2.10. The third kappa shape index (κ3) is 2.23. The first-order chi connectivity index (χ1) is 10.2. The maximum absolute atomic E-state index is 12.1. The van der Waals surface area contributed by atoms with Gasteiger partial charge in [-0.2, -0.15) is 0 Å². The van der Waals surface area contributed by atoms with Crippen molar-refractivity contribution in [2.75, 3.05) is 20.8 Å². The summed E-state index contributed by atoms with van der Waals surface area (Å²) in [5.74, 6) is -1.04. The molecule has 0 aliphatic carbocycles. The van der Waals surface area contributed by atoms with Crippen molar-refractivity contribution in [2.45, 2.75) is 13.0 Å². The Bertz CT molecular complexity index is 716. The fraction of sp³-hybridized carbons (Fsp3) is 0.375. The number of carbonyl (C=O) groups is 2. The Labute approximate surface area is 122 Å². The Morgan fingerprint density at radius 3 is 2.86 bits per heavy atom. The maximum atomic E-state index is 12.1. The Morgan fingerprint density at radius 2 is 2.14 bits per heavy atom. The van der Waals surface area contributed by atoms with E-state index in [0.29, 0.717) is 18.1 Å². The van der Waals surface area contributed by atoms with Gasteiger partial charge in [-0.25, -0.2) is 4.79 Å².